The van der Waals surface area contributed by atoms with Crippen molar-refractivity contribution in [3.05, 3.63) is 57.8 Å². The molecule has 0 aliphatic carbocycles. The van der Waals surface area contributed by atoms with Crippen molar-refractivity contribution in [3.8, 4) is 0 Å². The lowest BCUT2D eigenvalue weighted by Crippen LogP contribution is -2.42. The number of nitro groups is 1. The molecule has 1 aromatic carbocycles. The predicted octanol–water partition coefficient (Wildman–Crippen LogP) is 1.72. The van der Waals surface area contributed by atoms with Crippen LogP contribution in [0.3, 0.4) is 0 Å². The third-order valence-electron chi connectivity index (χ3n) is 5.06. The number of non-ortho nitro benzene ring substituents is 1. The van der Waals surface area contributed by atoms with Gasteiger partial charge in [0.2, 0.25) is 5.91 Å². The fourth-order valence-corrected chi connectivity index (χ4v) is 4.44. The number of pyridine rings is 1. The van der Waals surface area contributed by atoms with Gasteiger partial charge in [0.25, 0.3) is 15.7 Å². The third kappa shape index (κ3) is 4.97. The molecule has 12 heteroatoms. The molecule has 11 nitrogen and oxygen atoms in total. The van der Waals surface area contributed by atoms with Gasteiger partial charge in [0.1, 0.15) is 5.82 Å². The number of rotatable bonds is 6. The van der Waals surface area contributed by atoms with Gasteiger partial charge in [-0.1, -0.05) is 6.07 Å². The number of nitro benzene ring substituents is 1. The van der Waals surface area contributed by atoms with Gasteiger partial charge in [-0.25, -0.2) is 22.9 Å². The zero-order valence-electron chi connectivity index (χ0n) is 16.5. The van der Waals surface area contributed by atoms with Crippen molar-refractivity contribution in [1.29, 1.82) is 0 Å². The van der Waals surface area contributed by atoms with Crippen LogP contribution >= 0.6 is 0 Å². The van der Waals surface area contributed by atoms with Crippen LogP contribution in [0.2, 0.25) is 0 Å². The normalized spacial score (nSPS) is 14.8. The highest BCUT2D eigenvalue weighted by Gasteiger charge is 2.29. The second-order valence-electron chi connectivity index (χ2n) is 7.09. The minimum absolute atomic E-state index is 0.115. The Labute approximate surface area is 177 Å². The van der Waals surface area contributed by atoms with Crippen LogP contribution in [0.15, 0.2) is 41.3 Å². The molecule has 164 valence electrons. The summed E-state index contributed by atoms with van der Waals surface area (Å²) in [6, 6.07) is 7.55. The van der Waals surface area contributed by atoms with Gasteiger partial charge in [-0.2, -0.15) is 0 Å². The number of sulfonamides is 1. The number of hydrogen-bond donors (Lipinski definition) is 2. The van der Waals surface area contributed by atoms with Crippen molar-refractivity contribution < 1.29 is 28.0 Å². The third-order valence-corrected chi connectivity index (χ3v) is 6.41. The van der Waals surface area contributed by atoms with Crippen molar-refractivity contribution in [1.82, 2.24) is 9.71 Å². The first-order valence-electron chi connectivity index (χ1n) is 9.35. The molecule has 1 aliphatic rings. The number of aryl methyl sites for hydroxylation is 1. The van der Waals surface area contributed by atoms with Crippen LogP contribution in [0.1, 0.15) is 28.9 Å². The van der Waals surface area contributed by atoms with Crippen LogP contribution in [-0.4, -0.2) is 48.4 Å². The highest BCUT2D eigenvalue weighted by molar-refractivity contribution is 7.90. The number of carboxylic acid groups (broad SMARTS) is 1. The maximum Gasteiger partial charge on any atom is 0.337 e. The van der Waals surface area contributed by atoms with Gasteiger partial charge < -0.3 is 10.0 Å². The number of amides is 1. The summed E-state index contributed by atoms with van der Waals surface area (Å²) in [5, 5.41) is 20.0. The number of nitrogens with one attached hydrogen (secondary N) is 1. The molecule has 0 unspecified atom stereocenters. The first kappa shape index (κ1) is 22.2. The summed E-state index contributed by atoms with van der Waals surface area (Å²) < 4.78 is 26.9. The lowest BCUT2D eigenvalue weighted by molar-refractivity contribution is -0.385. The Morgan fingerprint density at radius 3 is 2.48 bits per heavy atom. The van der Waals surface area contributed by atoms with E-state index < -0.39 is 32.7 Å². The number of carbonyl (C=O) groups is 2. The summed E-state index contributed by atoms with van der Waals surface area (Å²) in [7, 11) is -4.23. The average Bonchev–Trinajstić information content (AvgIpc) is 2.73. The zero-order valence-corrected chi connectivity index (χ0v) is 17.3. The number of carboxylic acids is 1. The van der Waals surface area contributed by atoms with Crippen LogP contribution in [0.5, 0.6) is 0 Å². The monoisotopic (exact) mass is 448 g/mol. The fraction of sp³-hybridized carbons (Fsp3) is 0.316. The molecule has 3 rings (SSSR count). The van der Waals surface area contributed by atoms with E-state index in [4.69, 9.17) is 5.11 Å². The molecule has 0 saturated carbocycles. The van der Waals surface area contributed by atoms with E-state index in [-0.39, 0.29) is 16.1 Å². The highest BCUT2D eigenvalue weighted by Crippen LogP contribution is 2.24. The Morgan fingerprint density at radius 1 is 1.23 bits per heavy atom. The molecule has 0 spiro atoms. The van der Waals surface area contributed by atoms with Crippen molar-refractivity contribution in [2.45, 2.75) is 24.7 Å². The lowest BCUT2D eigenvalue weighted by atomic mass is 9.96. The Kier molecular flexibility index (Phi) is 6.20. The number of piperidine rings is 1. The molecular formula is C19H20N4O7S. The van der Waals surface area contributed by atoms with Gasteiger partial charge in [0, 0.05) is 31.1 Å². The molecule has 0 atom stereocenters. The van der Waals surface area contributed by atoms with Crippen molar-refractivity contribution in [2.75, 3.05) is 18.0 Å². The minimum atomic E-state index is -4.23. The Morgan fingerprint density at radius 2 is 1.90 bits per heavy atom. The van der Waals surface area contributed by atoms with E-state index >= 15 is 0 Å². The van der Waals surface area contributed by atoms with Gasteiger partial charge in [0.05, 0.1) is 21.1 Å². The summed E-state index contributed by atoms with van der Waals surface area (Å²) in [6.07, 6.45) is 0.745. The van der Waals surface area contributed by atoms with Crippen LogP contribution in [0, 0.1) is 23.0 Å². The summed E-state index contributed by atoms with van der Waals surface area (Å²) >= 11 is 0. The van der Waals surface area contributed by atoms with Crippen LogP contribution in [0.4, 0.5) is 11.5 Å². The molecule has 1 fully saturated rings. The molecule has 1 aromatic heterocycles. The molecule has 2 aromatic rings. The van der Waals surface area contributed by atoms with Gasteiger partial charge in [-0.15, -0.1) is 0 Å². The van der Waals surface area contributed by atoms with Crippen LogP contribution < -0.4 is 9.62 Å². The molecule has 31 heavy (non-hydrogen) atoms. The van der Waals surface area contributed by atoms with Crippen LogP contribution in [-0.2, 0) is 14.8 Å². The van der Waals surface area contributed by atoms with Gasteiger partial charge in [-0.3, -0.25) is 14.9 Å². The van der Waals surface area contributed by atoms with E-state index in [1.165, 1.54) is 18.2 Å². The summed E-state index contributed by atoms with van der Waals surface area (Å²) in [4.78, 5) is 39.6. The average molecular weight is 448 g/mol. The highest BCUT2D eigenvalue weighted by atomic mass is 32.2. The number of benzene rings is 1. The molecule has 0 bridgehead atoms. The number of hydrogen-bond acceptors (Lipinski definition) is 8. The van der Waals surface area contributed by atoms with E-state index in [2.05, 4.69) is 4.98 Å². The molecule has 2 heterocycles. The topological polar surface area (TPSA) is 160 Å². The van der Waals surface area contributed by atoms with Crippen molar-refractivity contribution in [3.63, 3.8) is 0 Å². The maximum absolute atomic E-state index is 12.5. The lowest BCUT2D eigenvalue weighted by Gasteiger charge is -2.32. The molecular weight excluding hydrogens is 428 g/mol. The molecule has 2 N–H and O–H groups in total. The number of anilines is 1. The van der Waals surface area contributed by atoms with Crippen molar-refractivity contribution in [2.24, 2.45) is 5.92 Å². The van der Waals surface area contributed by atoms with E-state index in [0.717, 1.165) is 12.1 Å². The van der Waals surface area contributed by atoms with E-state index in [1.54, 1.807) is 13.0 Å². The largest absolute Gasteiger partial charge is 0.478 e. The van der Waals surface area contributed by atoms with Gasteiger partial charge >= 0.3 is 5.97 Å². The van der Waals surface area contributed by atoms with E-state index in [9.17, 15) is 28.1 Å². The smallest absolute Gasteiger partial charge is 0.337 e. The summed E-state index contributed by atoms with van der Waals surface area (Å²) in [5.41, 5.74) is 0.109. The van der Waals surface area contributed by atoms with Crippen molar-refractivity contribution >= 4 is 33.4 Å². The molecule has 1 amide bonds. The fourth-order valence-electron chi connectivity index (χ4n) is 3.36. The number of aromatic carboxylic acids is 1. The molecule has 1 aliphatic heterocycles. The molecule has 1 saturated heterocycles. The SMILES string of the molecule is Cc1nc(N2CCC(C(=O)NS(=O)(=O)c3cccc([N+](=O)[O-])c3)CC2)ccc1C(=O)O. The first-order valence-corrected chi connectivity index (χ1v) is 10.8. The Balaban J connectivity index is 1.64. The zero-order chi connectivity index (χ0) is 22.8. The summed E-state index contributed by atoms with van der Waals surface area (Å²) in [6.45, 7) is 2.48. The number of nitrogens with zero attached hydrogens (tertiary/aromatic N) is 3. The standard InChI is InChI=1S/C19H20N4O7S/c1-12-16(19(25)26)5-6-17(20-12)22-9-7-13(8-10-22)18(24)21-31(29,30)15-4-2-3-14(11-15)23(27)28/h2-6,11,13H,7-10H2,1H3,(H,21,24)(H,25,26). The van der Waals surface area contributed by atoms with Gasteiger partial charge in [-0.05, 0) is 38.0 Å². The second-order valence-corrected chi connectivity index (χ2v) is 8.78. The van der Waals surface area contributed by atoms with Gasteiger partial charge in [0.15, 0.2) is 0 Å². The van der Waals surface area contributed by atoms with E-state index in [1.807, 2.05) is 9.62 Å². The first-order chi connectivity index (χ1) is 14.6. The van der Waals surface area contributed by atoms with E-state index in [0.29, 0.717) is 37.4 Å². The Hall–Kier alpha value is -3.54. The predicted molar refractivity (Wildman–Crippen MR) is 109 cm³/mol. The number of aromatic nitrogens is 1. The molecule has 0 radical (unpaired) electrons. The quantitative estimate of drug-likeness (QED) is 0.495. The summed E-state index contributed by atoms with van der Waals surface area (Å²) in [5.74, 6) is -1.69. The Bertz CT molecular complexity index is 1140. The van der Waals surface area contributed by atoms with Crippen LogP contribution in [0.25, 0.3) is 0 Å². The maximum atomic E-state index is 12.5. The minimum Gasteiger partial charge on any atom is -0.478 e. The second kappa shape index (κ2) is 8.68. The number of carbonyl (C=O) groups excluding carboxylic acids is 1.